The molecule has 0 spiro atoms. The molecule has 3 rings (SSSR count). The zero-order valence-electron chi connectivity index (χ0n) is 10.2. The first kappa shape index (κ1) is 15.3. The number of hydrogen-bond donors (Lipinski definition) is 3. The maximum atomic E-state index is 11.8. The Bertz CT molecular complexity index is 731. The van der Waals surface area contributed by atoms with Crippen LogP contribution in [-0.2, 0) is 18.3 Å². The first-order valence-electron chi connectivity index (χ1n) is 5.79. The molecular weight excluding hydrogens is 422 g/mol. The lowest BCUT2D eigenvalue weighted by Crippen LogP contribution is -2.40. The molecule has 2 aliphatic heterocycles. The number of nitrogens with one attached hydrogen (secondary N) is 1. The molecular formula is C9H10IN2O8P. The van der Waals surface area contributed by atoms with Crippen molar-refractivity contribution >= 4 is 30.4 Å². The van der Waals surface area contributed by atoms with E-state index in [1.807, 2.05) is 0 Å². The van der Waals surface area contributed by atoms with Gasteiger partial charge in [-0.2, -0.15) is 0 Å². The Morgan fingerprint density at radius 1 is 1.48 bits per heavy atom. The fourth-order valence-electron chi connectivity index (χ4n) is 2.22. The van der Waals surface area contributed by atoms with Gasteiger partial charge in [-0.3, -0.25) is 23.4 Å². The van der Waals surface area contributed by atoms with Crippen LogP contribution in [-0.4, -0.2) is 44.5 Å². The number of nitrogens with zero attached hydrogens (tertiary/aromatic N) is 1. The molecule has 5 atom stereocenters. The predicted molar refractivity (Wildman–Crippen MR) is 74.6 cm³/mol. The lowest BCUT2D eigenvalue weighted by molar-refractivity contribution is -0.0686. The highest BCUT2D eigenvalue weighted by atomic mass is 127. The molecule has 0 aromatic carbocycles. The molecule has 5 unspecified atom stereocenters. The van der Waals surface area contributed by atoms with E-state index in [0.717, 1.165) is 4.57 Å². The van der Waals surface area contributed by atoms with Crippen LogP contribution in [0.4, 0.5) is 0 Å². The van der Waals surface area contributed by atoms with Crippen molar-refractivity contribution in [2.75, 3.05) is 6.61 Å². The van der Waals surface area contributed by atoms with E-state index >= 15 is 0 Å². The minimum absolute atomic E-state index is 0.225. The maximum Gasteiger partial charge on any atom is 0.472 e. The summed E-state index contributed by atoms with van der Waals surface area (Å²) in [6, 6.07) is 0. The van der Waals surface area contributed by atoms with Gasteiger partial charge in [-0.25, -0.2) is 9.36 Å². The largest absolute Gasteiger partial charge is 0.472 e. The fourth-order valence-corrected chi connectivity index (χ4v) is 3.61. The van der Waals surface area contributed by atoms with Crippen LogP contribution in [0.25, 0.3) is 0 Å². The minimum atomic E-state index is -4.23. The Kier molecular flexibility index (Phi) is 3.84. The number of aliphatic hydroxyl groups excluding tert-OH is 1. The van der Waals surface area contributed by atoms with Gasteiger partial charge in [0.25, 0.3) is 5.56 Å². The third-order valence-electron chi connectivity index (χ3n) is 3.16. The monoisotopic (exact) mass is 432 g/mol. The van der Waals surface area contributed by atoms with Gasteiger partial charge in [0, 0.05) is 6.20 Å². The van der Waals surface area contributed by atoms with Crippen molar-refractivity contribution in [3.05, 3.63) is 30.6 Å². The first-order chi connectivity index (χ1) is 9.78. The number of aromatic amines is 1. The lowest BCUT2D eigenvalue weighted by Gasteiger charge is -2.27. The van der Waals surface area contributed by atoms with Crippen molar-refractivity contribution < 1.29 is 28.3 Å². The van der Waals surface area contributed by atoms with Gasteiger partial charge in [-0.05, 0) is 22.6 Å². The number of H-pyrrole nitrogens is 1. The second kappa shape index (κ2) is 5.26. The molecule has 3 heterocycles. The van der Waals surface area contributed by atoms with E-state index < -0.39 is 43.6 Å². The molecule has 0 bridgehead atoms. The van der Waals surface area contributed by atoms with E-state index in [4.69, 9.17) is 9.26 Å². The van der Waals surface area contributed by atoms with Crippen LogP contribution in [0, 0.1) is 3.57 Å². The van der Waals surface area contributed by atoms with Crippen molar-refractivity contribution in [2.24, 2.45) is 0 Å². The van der Waals surface area contributed by atoms with Crippen molar-refractivity contribution in [1.82, 2.24) is 9.55 Å². The van der Waals surface area contributed by atoms with Gasteiger partial charge >= 0.3 is 13.5 Å². The van der Waals surface area contributed by atoms with E-state index in [1.54, 1.807) is 22.6 Å². The molecule has 1 aromatic rings. The highest BCUT2D eigenvalue weighted by Crippen LogP contribution is 2.52. The van der Waals surface area contributed by atoms with Crippen molar-refractivity contribution in [1.29, 1.82) is 0 Å². The summed E-state index contributed by atoms with van der Waals surface area (Å²) in [6.45, 7) is -0.249. The van der Waals surface area contributed by atoms with E-state index in [-0.39, 0.29) is 10.2 Å². The SMILES string of the molecule is O=c1[nH]c(=O)n(C2OC3COP(=O)(O)OC3C2O)cc1I. The summed E-state index contributed by atoms with van der Waals surface area (Å²) in [7, 11) is -4.23. The molecule has 10 nitrogen and oxygen atoms in total. The van der Waals surface area contributed by atoms with Crippen LogP contribution in [0.15, 0.2) is 15.8 Å². The van der Waals surface area contributed by atoms with Crippen LogP contribution < -0.4 is 11.2 Å². The topological polar surface area (TPSA) is 140 Å². The Morgan fingerprint density at radius 3 is 2.90 bits per heavy atom. The van der Waals surface area contributed by atoms with Crippen LogP contribution in [0.5, 0.6) is 0 Å². The average Bonchev–Trinajstić information content (AvgIpc) is 2.70. The summed E-state index contributed by atoms with van der Waals surface area (Å²) >= 11 is 1.73. The summed E-state index contributed by atoms with van der Waals surface area (Å²) in [4.78, 5) is 34.5. The average molecular weight is 432 g/mol. The number of fused-ring (bicyclic) bond motifs is 1. The van der Waals surface area contributed by atoms with Crippen LogP contribution in [0.2, 0.25) is 0 Å². The second-order valence-corrected chi connectivity index (χ2v) is 7.10. The third kappa shape index (κ3) is 2.74. The maximum absolute atomic E-state index is 11.8. The number of phosphoric ester groups is 1. The third-order valence-corrected chi connectivity index (χ3v) is 4.92. The number of aromatic nitrogens is 2. The molecule has 0 saturated carbocycles. The highest BCUT2D eigenvalue weighted by Gasteiger charge is 2.52. The van der Waals surface area contributed by atoms with E-state index in [1.165, 1.54) is 6.20 Å². The Labute approximate surface area is 130 Å². The molecule has 1 aromatic heterocycles. The van der Waals surface area contributed by atoms with Gasteiger partial charge in [-0.1, -0.05) is 0 Å². The minimum Gasteiger partial charge on any atom is -0.386 e. The Balaban J connectivity index is 1.95. The number of aliphatic hydroxyl groups is 1. The molecule has 21 heavy (non-hydrogen) atoms. The number of halogens is 1. The number of ether oxygens (including phenoxy) is 1. The first-order valence-corrected chi connectivity index (χ1v) is 8.36. The fraction of sp³-hybridized carbons (Fsp3) is 0.556. The van der Waals surface area contributed by atoms with Gasteiger partial charge in [-0.15, -0.1) is 0 Å². The Hall–Kier alpha value is -0.560. The molecule has 2 saturated heterocycles. The lowest BCUT2D eigenvalue weighted by atomic mass is 10.1. The van der Waals surface area contributed by atoms with Crippen molar-refractivity contribution in [3.8, 4) is 0 Å². The molecule has 12 heteroatoms. The molecule has 0 aliphatic carbocycles. The van der Waals surface area contributed by atoms with Gasteiger partial charge in [0.2, 0.25) is 0 Å². The number of phosphoric acid groups is 1. The molecule has 0 radical (unpaired) electrons. The number of rotatable bonds is 1. The second-order valence-electron chi connectivity index (χ2n) is 4.53. The molecule has 0 amide bonds. The van der Waals surface area contributed by atoms with E-state index in [0.29, 0.717) is 0 Å². The normalized spacial score (nSPS) is 39.2. The van der Waals surface area contributed by atoms with Crippen LogP contribution >= 0.6 is 30.4 Å². The standard InChI is InChI=1S/C9H10IN2O8P/c10-3-1-12(9(15)11-7(3)14)8-5(13)6-4(19-8)2-18-21(16,17)20-6/h1,4-6,8,13H,2H2,(H,16,17)(H,11,14,15). The van der Waals surface area contributed by atoms with E-state index in [2.05, 4.69) is 9.51 Å². The van der Waals surface area contributed by atoms with Crippen LogP contribution in [0.3, 0.4) is 0 Å². The molecule has 3 N–H and O–H groups in total. The van der Waals surface area contributed by atoms with Crippen molar-refractivity contribution in [3.63, 3.8) is 0 Å². The summed E-state index contributed by atoms with van der Waals surface area (Å²) < 4.78 is 27.4. The van der Waals surface area contributed by atoms with Gasteiger partial charge in [0.1, 0.15) is 18.3 Å². The number of hydrogen-bond acceptors (Lipinski definition) is 7. The molecule has 116 valence electrons. The zero-order chi connectivity index (χ0) is 15.4. The van der Waals surface area contributed by atoms with Crippen LogP contribution in [0.1, 0.15) is 6.23 Å². The quantitative estimate of drug-likeness (QED) is 0.376. The van der Waals surface area contributed by atoms with Gasteiger partial charge < -0.3 is 14.7 Å². The predicted octanol–water partition coefficient (Wildman–Crippen LogP) is -1.08. The smallest absolute Gasteiger partial charge is 0.386 e. The van der Waals surface area contributed by atoms with Gasteiger partial charge in [0.15, 0.2) is 6.23 Å². The highest BCUT2D eigenvalue weighted by molar-refractivity contribution is 14.1. The van der Waals surface area contributed by atoms with Gasteiger partial charge in [0.05, 0.1) is 10.2 Å². The zero-order valence-corrected chi connectivity index (χ0v) is 13.3. The Morgan fingerprint density at radius 2 is 2.19 bits per heavy atom. The summed E-state index contributed by atoms with van der Waals surface area (Å²) in [5, 5.41) is 10.2. The molecule has 2 fully saturated rings. The van der Waals surface area contributed by atoms with Crippen molar-refractivity contribution in [2.45, 2.75) is 24.5 Å². The summed E-state index contributed by atoms with van der Waals surface area (Å²) in [5.41, 5.74) is -1.32. The summed E-state index contributed by atoms with van der Waals surface area (Å²) in [6.07, 6.45) is -3.18. The molecule has 2 aliphatic rings. The van der Waals surface area contributed by atoms with E-state index in [9.17, 15) is 24.2 Å². The summed E-state index contributed by atoms with van der Waals surface area (Å²) in [5.74, 6) is 0.